The van der Waals surface area contributed by atoms with Gasteiger partial charge in [0.05, 0.1) is 18.0 Å². The van der Waals surface area contributed by atoms with E-state index in [1.54, 1.807) is 11.0 Å². The second kappa shape index (κ2) is 13.0. The number of aliphatic carboxylic acids is 1. The van der Waals surface area contributed by atoms with Crippen LogP contribution in [0.15, 0.2) is 36.8 Å². The smallest absolute Gasteiger partial charge is 0.434 e. The number of halogens is 4. The van der Waals surface area contributed by atoms with E-state index in [4.69, 9.17) is 9.47 Å². The molecule has 2 N–H and O–H groups in total. The van der Waals surface area contributed by atoms with Crippen LogP contribution in [0.5, 0.6) is 5.75 Å². The number of aromatic nitrogens is 4. The van der Waals surface area contributed by atoms with E-state index in [0.29, 0.717) is 113 Å². The molecule has 7 aliphatic rings. The summed E-state index contributed by atoms with van der Waals surface area (Å²) in [6.07, 6.45) is 4.30. The lowest BCUT2D eigenvalue weighted by Crippen LogP contribution is -2.70. The molecule has 1 aromatic carbocycles. The quantitative estimate of drug-likeness (QED) is 0.288. The molecule has 286 valence electrons. The van der Waals surface area contributed by atoms with Gasteiger partial charge in [-0.3, -0.25) is 4.79 Å². The maximum absolute atomic E-state index is 14.8. The van der Waals surface area contributed by atoms with Crippen molar-refractivity contribution in [1.29, 1.82) is 0 Å². The summed E-state index contributed by atoms with van der Waals surface area (Å²) < 4.78 is 69.8. The predicted octanol–water partition coefficient (Wildman–Crippen LogP) is 5.68. The van der Waals surface area contributed by atoms with Crippen LogP contribution in [0.25, 0.3) is 0 Å². The molecule has 4 saturated carbocycles. The van der Waals surface area contributed by atoms with Crippen molar-refractivity contribution >= 4 is 29.5 Å². The molecule has 3 aliphatic heterocycles. The van der Waals surface area contributed by atoms with Gasteiger partial charge < -0.3 is 29.7 Å². The molecule has 2 saturated heterocycles. The SMILES string of the molecule is O=C(NC1(C(=O)O)C2CC3CC(C2)CC1C3)c1cnc(N2CC3(CCOCC3)c3cc(OC4CCN(c5ncc(F)cn5)CC4)ccc32)nc1C(F)(F)F. The van der Waals surface area contributed by atoms with Crippen LogP contribution in [0, 0.1) is 29.5 Å². The van der Waals surface area contributed by atoms with E-state index in [1.807, 2.05) is 17.0 Å². The first-order valence-electron chi connectivity index (χ1n) is 18.8. The zero-order chi connectivity index (χ0) is 37.4. The standard InChI is InChI=1S/C38H41F4N7O5/c39-25-17-43-34(44-18-25)48-7-3-26(4-8-48)54-27-1-2-30-29(16-27)36(5-9-53-10-6-36)20-49(30)35-45-19-28(31(46-35)38(40,41)42)32(50)47-37(33(51)52)23-12-21-11-22(14-23)15-24(37)13-21/h1-2,16-19,21-24,26H,3-15,20H2,(H,47,50)(H,51,52). The number of nitrogens with zero attached hydrogens (tertiary/aromatic N) is 6. The van der Waals surface area contributed by atoms with Crippen molar-refractivity contribution in [2.24, 2.45) is 23.7 Å². The van der Waals surface area contributed by atoms with Gasteiger partial charge in [0, 0.05) is 63.0 Å². The Kier molecular flexibility index (Phi) is 8.47. The summed E-state index contributed by atoms with van der Waals surface area (Å²) in [5.41, 5.74) is -2.71. The highest BCUT2D eigenvalue weighted by atomic mass is 19.4. The van der Waals surface area contributed by atoms with E-state index in [2.05, 4.69) is 25.3 Å². The van der Waals surface area contributed by atoms with Crippen LogP contribution in [0.2, 0.25) is 0 Å². The van der Waals surface area contributed by atoms with Gasteiger partial charge in [0.2, 0.25) is 11.9 Å². The van der Waals surface area contributed by atoms with Crippen molar-refractivity contribution in [3.63, 3.8) is 0 Å². The molecule has 2 aromatic heterocycles. The van der Waals surface area contributed by atoms with Crippen molar-refractivity contribution in [2.75, 3.05) is 42.6 Å². The number of benzene rings is 1. The van der Waals surface area contributed by atoms with Crippen LogP contribution in [0.1, 0.15) is 79.4 Å². The molecule has 12 nitrogen and oxygen atoms in total. The number of alkyl halides is 3. The predicted molar refractivity (Wildman–Crippen MR) is 185 cm³/mol. The van der Waals surface area contributed by atoms with Gasteiger partial charge in [-0.05, 0) is 92.4 Å². The molecule has 0 radical (unpaired) electrons. The van der Waals surface area contributed by atoms with Gasteiger partial charge in [-0.15, -0.1) is 0 Å². The minimum atomic E-state index is -5.01. The van der Waals surface area contributed by atoms with E-state index in [1.165, 1.54) is 0 Å². The highest BCUT2D eigenvalue weighted by molar-refractivity contribution is 5.99. The van der Waals surface area contributed by atoms with Gasteiger partial charge in [-0.25, -0.2) is 29.1 Å². The molecule has 16 heteroatoms. The van der Waals surface area contributed by atoms with E-state index < -0.39 is 46.1 Å². The van der Waals surface area contributed by atoms with Gasteiger partial charge in [-0.1, -0.05) is 0 Å². The van der Waals surface area contributed by atoms with Crippen LogP contribution in [-0.4, -0.2) is 81.4 Å². The molecule has 0 atom stereocenters. The average Bonchev–Trinajstić information content (AvgIpc) is 3.45. The Morgan fingerprint density at radius 1 is 0.926 bits per heavy atom. The van der Waals surface area contributed by atoms with Crippen LogP contribution < -0.4 is 19.9 Å². The Morgan fingerprint density at radius 2 is 1.57 bits per heavy atom. The zero-order valence-corrected chi connectivity index (χ0v) is 29.5. The molecule has 54 heavy (non-hydrogen) atoms. The van der Waals surface area contributed by atoms with E-state index in [0.717, 1.165) is 30.6 Å². The lowest BCUT2D eigenvalue weighted by Gasteiger charge is -2.59. The molecule has 1 amide bonds. The number of rotatable bonds is 7. The number of carboxylic acid groups (broad SMARTS) is 1. The summed E-state index contributed by atoms with van der Waals surface area (Å²) in [7, 11) is 0. The fraction of sp³-hybridized carbons (Fsp3) is 0.579. The van der Waals surface area contributed by atoms with Gasteiger partial charge in [0.25, 0.3) is 5.91 Å². The molecular weight excluding hydrogens is 710 g/mol. The van der Waals surface area contributed by atoms with E-state index in [-0.39, 0.29) is 23.9 Å². The lowest BCUT2D eigenvalue weighted by molar-refractivity contribution is -0.163. The third-order valence-corrected chi connectivity index (χ3v) is 13.0. The number of carboxylic acids is 1. The number of carbonyl (C=O) groups is 2. The Balaban J connectivity index is 0.980. The number of carbonyl (C=O) groups excluding carboxylic acids is 1. The summed E-state index contributed by atoms with van der Waals surface area (Å²) >= 11 is 0. The maximum Gasteiger partial charge on any atom is 0.434 e. The molecule has 6 fully saturated rings. The lowest BCUT2D eigenvalue weighted by atomic mass is 9.48. The van der Waals surface area contributed by atoms with Crippen LogP contribution in [0.3, 0.4) is 0 Å². The van der Waals surface area contributed by atoms with Crippen LogP contribution in [-0.2, 0) is 21.1 Å². The Labute approximate surface area is 308 Å². The van der Waals surface area contributed by atoms with Gasteiger partial charge in [0.15, 0.2) is 11.5 Å². The highest BCUT2D eigenvalue weighted by Gasteiger charge is 2.62. The highest BCUT2D eigenvalue weighted by Crippen LogP contribution is 2.58. The fourth-order valence-corrected chi connectivity index (χ4v) is 10.6. The molecule has 4 aliphatic carbocycles. The Hall–Kier alpha value is -4.60. The van der Waals surface area contributed by atoms with Crippen molar-refractivity contribution in [2.45, 2.75) is 81.0 Å². The number of hydrogen-bond acceptors (Lipinski definition) is 10. The average molecular weight is 752 g/mol. The summed E-state index contributed by atoms with van der Waals surface area (Å²) in [6.45, 7) is 2.52. The summed E-state index contributed by atoms with van der Waals surface area (Å²) in [5.74, 6) is -1.80. The number of fused-ring (bicyclic) bond motifs is 2. The largest absolute Gasteiger partial charge is 0.490 e. The third kappa shape index (κ3) is 5.91. The van der Waals surface area contributed by atoms with Crippen LogP contribution >= 0.6 is 0 Å². The van der Waals surface area contributed by atoms with Gasteiger partial charge >= 0.3 is 12.1 Å². The van der Waals surface area contributed by atoms with Crippen molar-refractivity contribution in [3.8, 4) is 5.75 Å². The molecule has 5 heterocycles. The third-order valence-electron chi connectivity index (χ3n) is 13.0. The van der Waals surface area contributed by atoms with E-state index >= 15 is 0 Å². The maximum atomic E-state index is 14.8. The first-order valence-corrected chi connectivity index (χ1v) is 18.8. The zero-order valence-electron chi connectivity index (χ0n) is 29.5. The van der Waals surface area contributed by atoms with Crippen LogP contribution in [0.4, 0.5) is 35.1 Å². The minimum absolute atomic E-state index is 0.0987. The number of hydrogen-bond donors (Lipinski definition) is 2. The Morgan fingerprint density at radius 3 is 2.20 bits per heavy atom. The monoisotopic (exact) mass is 751 g/mol. The Bertz CT molecular complexity index is 1920. The summed E-state index contributed by atoms with van der Waals surface area (Å²) in [6, 6.07) is 5.57. The number of ether oxygens (including phenoxy) is 2. The first kappa shape index (κ1) is 35.1. The first-order chi connectivity index (χ1) is 25.9. The number of anilines is 3. The molecule has 0 unspecified atom stereocenters. The van der Waals surface area contributed by atoms with Crippen molar-refractivity contribution < 1.29 is 41.7 Å². The van der Waals surface area contributed by atoms with E-state index in [9.17, 15) is 32.3 Å². The fourth-order valence-electron chi connectivity index (χ4n) is 10.6. The molecular formula is C38H41F4N7O5. The second-order valence-electron chi connectivity index (χ2n) is 16.0. The molecule has 10 rings (SSSR count). The number of piperidine rings is 1. The summed E-state index contributed by atoms with van der Waals surface area (Å²) in [4.78, 5) is 46.8. The summed E-state index contributed by atoms with van der Waals surface area (Å²) in [5, 5.41) is 13.1. The molecule has 3 aromatic rings. The molecule has 4 bridgehead atoms. The topological polar surface area (TPSA) is 143 Å². The normalized spacial score (nSPS) is 28.7. The number of nitrogens with one attached hydrogen (secondary N) is 1. The second-order valence-corrected chi connectivity index (χ2v) is 16.0. The van der Waals surface area contributed by atoms with Gasteiger partial charge in [-0.2, -0.15) is 13.2 Å². The van der Waals surface area contributed by atoms with Crippen molar-refractivity contribution in [1.82, 2.24) is 25.3 Å². The molecule has 1 spiro atoms. The minimum Gasteiger partial charge on any atom is -0.490 e. The van der Waals surface area contributed by atoms with Crippen molar-refractivity contribution in [3.05, 3.63) is 59.4 Å². The number of amides is 1. The van der Waals surface area contributed by atoms with Gasteiger partial charge in [0.1, 0.15) is 17.4 Å².